The summed E-state index contributed by atoms with van der Waals surface area (Å²) < 4.78 is 5.15. The first kappa shape index (κ1) is 23.2. The fraction of sp³-hybridized carbons (Fsp3) is 0.455. The van der Waals surface area contributed by atoms with E-state index in [-0.39, 0.29) is 34.9 Å². The highest BCUT2D eigenvalue weighted by Crippen LogP contribution is 2.34. The molecule has 180 valence electrons. The van der Waals surface area contributed by atoms with E-state index in [9.17, 15) is 24.5 Å². The third-order valence-electron chi connectivity index (χ3n) is 6.08. The Morgan fingerprint density at radius 2 is 1.97 bits per heavy atom. The zero-order chi connectivity index (χ0) is 24.6. The van der Waals surface area contributed by atoms with Gasteiger partial charge >= 0.3 is 0 Å². The quantitative estimate of drug-likeness (QED) is 0.443. The molecule has 0 bridgehead atoms. The molecule has 1 aromatic carbocycles. The zero-order valence-corrected chi connectivity index (χ0v) is 19.1. The molecule has 12 heteroatoms. The van der Waals surface area contributed by atoms with Crippen molar-refractivity contribution < 1.29 is 19.2 Å². The summed E-state index contributed by atoms with van der Waals surface area (Å²) in [6, 6.07) is 3.74. The molecular weight excluding hydrogens is 444 g/mol. The zero-order valence-electron chi connectivity index (χ0n) is 19.1. The van der Waals surface area contributed by atoms with Crippen molar-refractivity contribution in [1.29, 1.82) is 0 Å². The first-order chi connectivity index (χ1) is 16.2. The Kier molecular flexibility index (Phi) is 6.22. The molecule has 2 aliphatic heterocycles. The van der Waals surface area contributed by atoms with E-state index in [0.717, 1.165) is 19.5 Å². The molecule has 0 aliphatic carbocycles. The summed E-state index contributed by atoms with van der Waals surface area (Å²) in [6.45, 7) is 5.72. The lowest BCUT2D eigenvalue weighted by molar-refractivity contribution is -0.384. The number of carbonyl (C=O) groups excluding carboxylic acids is 2. The smallest absolute Gasteiger partial charge is 0.273 e. The van der Waals surface area contributed by atoms with Gasteiger partial charge in [0.1, 0.15) is 11.6 Å². The number of ether oxygens (including phenoxy) is 1. The van der Waals surface area contributed by atoms with Gasteiger partial charge in [-0.25, -0.2) is 0 Å². The maximum atomic E-state index is 13.1. The fourth-order valence-corrected chi connectivity index (χ4v) is 4.69. The molecule has 3 heterocycles. The van der Waals surface area contributed by atoms with Crippen LogP contribution in [0.5, 0.6) is 5.75 Å². The van der Waals surface area contributed by atoms with Gasteiger partial charge in [-0.15, -0.1) is 0 Å². The summed E-state index contributed by atoms with van der Waals surface area (Å²) in [6.07, 6.45) is 0.840. The summed E-state index contributed by atoms with van der Waals surface area (Å²) in [4.78, 5) is 58.2. The topological polar surface area (TPSA) is 160 Å². The molecule has 1 aromatic heterocycles. The standard InChI is InChI=1S/C22H26N6O6/c1-11-6-12(2)10-27(9-11)22-25-19-18(21(31)26-22)14(8-17(29)24-19)20(30)23-15-5-4-13(28(32)33)7-16(15)34-3/h4-5,7,11-12,14H,6,8-10H2,1-3H3,(H,23,30)(H2,24,25,26,29,31). The Labute approximate surface area is 194 Å². The molecule has 0 saturated carbocycles. The van der Waals surface area contributed by atoms with Gasteiger partial charge in [0.05, 0.1) is 35.3 Å². The van der Waals surface area contributed by atoms with Gasteiger partial charge < -0.3 is 20.3 Å². The van der Waals surface area contributed by atoms with Gasteiger partial charge in [-0.05, 0) is 24.3 Å². The van der Waals surface area contributed by atoms with Crippen LogP contribution in [0.2, 0.25) is 0 Å². The number of hydrogen-bond donors (Lipinski definition) is 3. The second-order valence-electron chi connectivity index (χ2n) is 8.94. The molecule has 3 unspecified atom stereocenters. The molecule has 12 nitrogen and oxygen atoms in total. The van der Waals surface area contributed by atoms with Crippen LogP contribution < -0.4 is 25.8 Å². The van der Waals surface area contributed by atoms with E-state index < -0.39 is 28.2 Å². The number of rotatable bonds is 5. The van der Waals surface area contributed by atoms with Crippen LogP contribution in [0.25, 0.3) is 0 Å². The van der Waals surface area contributed by atoms with Gasteiger partial charge in [0.15, 0.2) is 0 Å². The van der Waals surface area contributed by atoms with E-state index in [4.69, 9.17) is 4.74 Å². The van der Waals surface area contributed by atoms with Crippen LogP contribution >= 0.6 is 0 Å². The molecule has 3 atom stereocenters. The number of methoxy groups -OCH3 is 1. The van der Waals surface area contributed by atoms with E-state index in [2.05, 4.69) is 34.4 Å². The lowest BCUT2D eigenvalue weighted by Gasteiger charge is -2.35. The van der Waals surface area contributed by atoms with Crippen LogP contribution in [-0.4, -0.2) is 46.9 Å². The predicted octanol–water partition coefficient (Wildman–Crippen LogP) is 2.23. The average molecular weight is 470 g/mol. The van der Waals surface area contributed by atoms with Crippen molar-refractivity contribution in [1.82, 2.24) is 9.97 Å². The Morgan fingerprint density at radius 3 is 2.62 bits per heavy atom. The van der Waals surface area contributed by atoms with Crippen LogP contribution in [0.3, 0.4) is 0 Å². The first-order valence-corrected chi connectivity index (χ1v) is 11.0. The van der Waals surface area contributed by atoms with Crippen LogP contribution in [0, 0.1) is 22.0 Å². The van der Waals surface area contributed by atoms with E-state index in [1.165, 1.54) is 25.3 Å². The number of nitrogens with zero attached hydrogens (tertiary/aromatic N) is 3. The van der Waals surface area contributed by atoms with Gasteiger partial charge in [0.2, 0.25) is 17.8 Å². The number of carbonyl (C=O) groups is 2. The summed E-state index contributed by atoms with van der Waals surface area (Å²) in [5.74, 6) is -0.787. The summed E-state index contributed by atoms with van der Waals surface area (Å²) in [5, 5.41) is 16.2. The number of piperidine rings is 1. The van der Waals surface area contributed by atoms with E-state index in [0.29, 0.717) is 17.8 Å². The Bertz CT molecular complexity index is 1200. The van der Waals surface area contributed by atoms with Gasteiger partial charge in [0.25, 0.3) is 11.2 Å². The average Bonchev–Trinajstić information content (AvgIpc) is 2.77. The summed E-state index contributed by atoms with van der Waals surface area (Å²) in [7, 11) is 1.32. The van der Waals surface area contributed by atoms with Crippen LogP contribution in [-0.2, 0) is 9.59 Å². The predicted molar refractivity (Wildman–Crippen MR) is 124 cm³/mol. The van der Waals surface area contributed by atoms with Crippen LogP contribution in [0.15, 0.2) is 23.0 Å². The molecule has 1 fully saturated rings. The highest BCUT2D eigenvalue weighted by Gasteiger charge is 2.36. The highest BCUT2D eigenvalue weighted by atomic mass is 16.6. The minimum Gasteiger partial charge on any atom is -0.494 e. The number of hydrogen-bond acceptors (Lipinski definition) is 8. The second-order valence-corrected chi connectivity index (χ2v) is 8.94. The number of nitro groups is 1. The fourth-order valence-electron chi connectivity index (χ4n) is 4.69. The maximum Gasteiger partial charge on any atom is 0.273 e. The molecule has 2 aliphatic rings. The monoisotopic (exact) mass is 470 g/mol. The van der Waals surface area contributed by atoms with Crippen molar-refractivity contribution in [2.24, 2.45) is 11.8 Å². The Hall–Kier alpha value is -3.96. The van der Waals surface area contributed by atoms with Crippen molar-refractivity contribution in [2.45, 2.75) is 32.6 Å². The maximum absolute atomic E-state index is 13.1. The SMILES string of the molecule is COc1cc([N+](=O)[O-])ccc1NC(=O)C1CC(=O)Nc2nc(N3CC(C)CC(C)C3)[nH]c(=O)c21. The number of fused-ring (bicyclic) bond motifs is 1. The van der Waals surface area contributed by atoms with Gasteiger partial charge in [-0.3, -0.25) is 29.5 Å². The molecule has 34 heavy (non-hydrogen) atoms. The van der Waals surface area contributed by atoms with Crippen molar-refractivity contribution in [3.63, 3.8) is 0 Å². The van der Waals surface area contributed by atoms with Crippen molar-refractivity contribution in [2.75, 3.05) is 35.7 Å². The summed E-state index contributed by atoms with van der Waals surface area (Å²) in [5.41, 5.74) is -0.448. The van der Waals surface area contributed by atoms with E-state index >= 15 is 0 Å². The molecule has 2 amide bonds. The second kappa shape index (κ2) is 9.12. The number of non-ortho nitro benzene ring substituents is 1. The number of nitro benzene ring substituents is 1. The molecule has 0 spiro atoms. The number of benzene rings is 1. The van der Waals surface area contributed by atoms with Gasteiger partial charge in [-0.1, -0.05) is 13.8 Å². The third-order valence-corrected chi connectivity index (χ3v) is 6.08. The molecule has 3 N–H and O–H groups in total. The first-order valence-electron chi connectivity index (χ1n) is 11.0. The molecule has 1 saturated heterocycles. The molecule has 2 aromatic rings. The number of amides is 2. The van der Waals surface area contributed by atoms with Crippen molar-refractivity contribution in [3.8, 4) is 5.75 Å². The lowest BCUT2D eigenvalue weighted by Crippen LogP contribution is -2.42. The van der Waals surface area contributed by atoms with Crippen LogP contribution in [0.1, 0.15) is 38.2 Å². The number of H-pyrrole nitrogens is 1. The molecule has 0 radical (unpaired) electrons. The summed E-state index contributed by atoms with van der Waals surface area (Å²) >= 11 is 0. The highest BCUT2D eigenvalue weighted by molar-refractivity contribution is 6.05. The van der Waals surface area contributed by atoms with Crippen LogP contribution in [0.4, 0.5) is 23.1 Å². The van der Waals surface area contributed by atoms with Crippen molar-refractivity contribution in [3.05, 3.63) is 44.2 Å². The normalized spacial score (nSPS) is 21.9. The van der Waals surface area contributed by atoms with Gasteiger partial charge in [0, 0.05) is 25.6 Å². The third kappa shape index (κ3) is 4.56. The lowest BCUT2D eigenvalue weighted by atomic mass is 9.91. The number of aromatic nitrogens is 2. The largest absolute Gasteiger partial charge is 0.494 e. The number of nitrogens with one attached hydrogen (secondary N) is 3. The number of aromatic amines is 1. The Morgan fingerprint density at radius 1 is 1.26 bits per heavy atom. The minimum atomic E-state index is -1.09. The van der Waals surface area contributed by atoms with E-state index in [1.54, 1.807) is 0 Å². The minimum absolute atomic E-state index is 0.0664. The van der Waals surface area contributed by atoms with Crippen molar-refractivity contribution >= 4 is 35.0 Å². The van der Waals surface area contributed by atoms with E-state index in [1.807, 2.05) is 4.90 Å². The molecular formula is C22H26N6O6. The van der Waals surface area contributed by atoms with Gasteiger partial charge in [-0.2, -0.15) is 4.98 Å². The number of anilines is 3. The Balaban J connectivity index is 1.64. The molecule has 4 rings (SSSR count).